The second-order valence-corrected chi connectivity index (χ2v) is 7.62. The summed E-state index contributed by atoms with van der Waals surface area (Å²) in [5.41, 5.74) is 10.9. The quantitative estimate of drug-likeness (QED) is 0.435. The topological polar surface area (TPSA) is 72.9 Å². The van der Waals surface area contributed by atoms with E-state index in [1.165, 1.54) is 0 Å². The van der Waals surface area contributed by atoms with Crippen LogP contribution in [0.1, 0.15) is 27.0 Å². The Morgan fingerprint density at radius 2 is 1.52 bits per heavy atom. The molecule has 4 aromatic rings. The lowest BCUT2D eigenvalue weighted by Crippen LogP contribution is -2.23. The van der Waals surface area contributed by atoms with Crippen LogP contribution >= 0.6 is 12.2 Å². The first-order valence-corrected chi connectivity index (χ1v) is 10.3. The maximum absolute atomic E-state index is 12.6. The molecule has 0 atom stereocenters. The molecular formula is C25H22N4OS. The highest BCUT2D eigenvalue weighted by molar-refractivity contribution is 7.80. The molecule has 0 bridgehead atoms. The van der Waals surface area contributed by atoms with E-state index in [2.05, 4.69) is 17.4 Å². The molecule has 1 amide bonds. The van der Waals surface area contributed by atoms with Crippen LogP contribution in [0.15, 0.2) is 91.1 Å². The standard InChI is InChI=1S/C25H22N4OS/c26-24(31)20-11-13-21(14-12-20)25(30)27-15-22-17-29(16-18-7-3-1-4-8-18)28-23(22)19-9-5-2-6-10-19/h1-14,17H,15-16H2,(H2,26,31)(H,27,30). The number of nitrogens with two attached hydrogens (primary N) is 1. The van der Waals surface area contributed by atoms with E-state index in [-0.39, 0.29) is 5.91 Å². The fraction of sp³-hybridized carbons (Fsp3) is 0.0800. The van der Waals surface area contributed by atoms with Crippen LogP contribution in [0, 0.1) is 0 Å². The molecule has 1 heterocycles. The molecule has 1 aromatic heterocycles. The predicted molar refractivity (Wildman–Crippen MR) is 127 cm³/mol. The lowest BCUT2D eigenvalue weighted by atomic mass is 10.1. The number of carbonyl (C=O) groups excluding carboxylic acids is 1. The number of nitrogens with one attached hydrogen (secondary N) is 1. The molecule has 0 radical (unpaired) electrons. The minimum absolute atomic E-state index is 0.163. The third kappa shape index (κ3) is 5.05. The summed E-state index contributed by atoms with van der Waals surface area (Å²) in [6.45, 7) is 1.03. The van der Waals surface area contributed by atoms with Gasteiger partial charge in [0, 0.05) is 35.0 Å². The number of carbonyl (C=O) groups is 1. The third-order valence-electron chi connectivity index (χ3n) is 4.94. The van der Waals surface area contributed by atoms with E-state index in [0.29, 0.717) is 23.6 Å². The monoisotopic (exact) mass is 426 g/mol. The number of hydrogen-bond donors (Lipinski definition) is 2. The Hall–Kier alpha value is -3.77. The molecule has 154 valence electrons. The summed E-state index contributed by atoms with van der Waals surface area (Å²) in [7, 11) is 0. The number of benzene rings is 3. The van der Waals surface area contributed by atoms with Crippen molar-refractivity contribution in [1.82, 2.24) is 15.1 Å². The van der Waals surface area contributed by atoms with Crippen molar-refractivity contribution in [1.29, 1.82) is 0 Å². The minimum Gasteiger partial charge on any atom is -0.389 e. The van der Waals surface area contributed by atoms with Gasteiger partial charge >= 0.3 is 0 Å². The molecule has 5 nitrogen and oxygen atoms in total. The largest absolute Gasteiger partial charge is 0.389 e. The van der Waals surface area contributed by atoms with Crippen molar-refractivity contribution in [2.24, 2.45) is 5.73 Å². The second kappa shape index (κ2) is 9.36. The van der Waals surface area contributed by atoms with Gasteiger partial charge in [-0.15, -0.1) is 0 Å². The Bertz CT molecular complexity index is 1190. The maximum atomic E-state index is 12.6. The maximum Gasteiger partial charge on any atom is 0.251 e. The Morgan fingerprint density at radius 3 is 2.16 bits per heavy atom. The average Bonchev–Trinajstić information content (AvgIpc) is 3.21. The van der Waals surface area contributed by atoms with Crippen molar-refractivity contribution in [3.8, 4) is 11.3 Å². The molecule has 3 aromatic carbocycles. The smallest absolute Gasteiger partial charge is 0.251 e. The predicted octanol–water partition coefficient (Wildman–Crippen LogP) is 4.16. The van der Waals surface area contributed by atoms with Crippen LogP contribution in [0.4, 0.5) is 0 Å². The molecule has 6 heteroatoms. The minimum atomic E-state index is -0.163. The van der Waals surface area contributed by atoms with Crippen LogP contribution in [0.5, 0.6) is 0 Å². The van der Waals surface area contributed by atoms with E-state index in [4.69, 9.17) is 23.1 Å². The molecule has 0 aliphatic carbocycles. The second-order valence-electron chi connectivity index (χ2n) is 7.18. The van der Waals surface area contributed by atoms with E-state index in [1.54, 1.807) is 24.3 Å². The molecule has 3 N–H and O–H groups in total. The highest BCUT2D eigenvalue weighted by Gasteiger charge is 2.13. The van der Waals surface area contributed by atoms with Crippen LogP contribution in [-0.4, -0.2) is 20.7 Å². The van der Waals surface area contributed by atoms with Crippen LogP contribution in [-0.2, 0) is 13.1 Å². The number of hydrogen-bond acceptors (Lipinski definition) is 3. The number of rotatable bonds is 7. The molecule has 0 fully saturated rings. The first kappa shape index (κ1) is 20.5. The molecule has 0 aliphatic rings. The molecule has 0 aliphatic heterocycles. The summed E-state index contributed by atoms with van der Waals surface area (Å²) in [6, 6.07) is 27.1. The van der Waals surface area contributed by atoms with Crippen molar-refractivity contribution >= 4 is 23.1 Å². The van der Waals surface area contributed by atoms with Crippen molar-refractivity contribution < 1.29 is 4.79 Å². The van der Waals surface area contributed by atoms with Gasteiger partial charge in [0.25, 0.3) is 5.91 Å². The Morgan fingerprint density at radius 1 is 0.903 bits per heavy atom. The van der Waals surface area contributed by atoms with Gasteiger partial charge in [0.1, 0.15) is 4.99 Å². The molecule has 0 spiro atoms. The van der Waals surface area contributed by atoms with Gasteiger partial charge < -0.3 is 11.1 Å². The Kier molecular flexibility index (Phi) is 6.19. The molecule has 0 unspecified atom stereocenters. The van der Waals surface area contributed by atoms with E-state index in [9.17, 15) is 4.79 Å². The molecular weight excluding hydrogens is 404 g/mol. The van der Waals surface area contributed by atoms with Crippen LogP contribution in [0.2, 0.25) is 0 Å². The van der Waals surface area contributed by atoms with E-state index in [0.717, 1.165) is 27.9 Å². The number of aromatic nitrogens is 2. The van der Waals surface area contributed by atoms with Crippen molar-refractivity contribution in [3.63, 3.8) is 0 Å². The van der Waals surface area contributed by atoms with Gasteiger partial charge in [-0.05, 0) is 17.7 Å². The van der Waals surface area contributed by atoms with Gasteiger partial charge in [-0.2, -0.15) is 5.10 Å². The van der Waals surface area contributed by atoms with Crippen LogP contribution < -0.4 is 11.1 Å². The zero-order valence-corrected chi connectivity index (χ0v) is 17.7. The average molecular weight is 427 g/mol. The SMILES string of the molecule is NC(=S)c1ccc(C(=O)NCc2cn(Cc3ccccc3)nc2-c2ccccc2)cc1. The van der Waals surface area contributed by atoms with Gasteiger partial charge in [0.05, 0.1) is 12.2 Å². The fourth-order valence-electron chi connectivity index (χ4n) is 3.35. The summed E-state index contributed by atoms with van der Waals surface area (Å²) in [5.74, 6) is -0.163. The third-order valence-corrected chi connectivity index (χ3v) is 5.18. The number of amides is 1. The van der Waals surface area contributed by atoms with Crippen molar-refractivity contribution in [2.75, 3.05) is 0 Å². The van der Waals surface area contributed by atoms with Gasteiger partial charge in [-0.25, -0.2) is 0 Å². The number of thiocarbonyl (C=S) groups is 1. The van der Waals surface area contributed by atoms with Gasteiger partial charge in [0.15, 0.2) is 0 Å². The van der Waals surface area contributed by atoms with Crippen molar-refractivity contribution in [2.45, 2.75) is 13.1 Å². The summed E-state index contributed by atoms with van der Waals surface area (Å²) in [4.78, 5) is 13.0. The summed E-state index contributed by atoms with van der Waals surface area (Å²) < 4.78 is 1.91. The van der Waals surface area contributed by atoms with E-state index in [1.807, 2.05) is 59.4 Å². The highest BCUT2D eigenvalue weighted by Crippen LogP contribution is 2.22. The lowest BCUT2D eigenvalue weighted by molar-refractivity contribution is 0.0951. The van der Waals surface area contributed by atoms with E-state index < -0.39 is 0 Å². The summed E-state index contributed by atoms with van der Waals surface area (Å²) in [5, 5.41) is 7.79. The zero-order valence-electron chi connectivity index (χ0n) is 16.9. The Balaban J connectivity index is 1.54. The highest BCUT2D eigenvalue weighted by atomic mass is 32.1. The number of nitrogens with zero attached hydrogens (tertiary/aromatic N) is 2. The Labute approximate surface area is 186 Å². The van der Waals surface area contributed by atoms with Gasteiger partial charge in [-0.3, -0.25) is 9.48 Å². The molecule has 0 saturated heterocycles. The zero-order chi connectivity index (χ0) is 21.6. The summed E-state index contributed by atoms with van der Waals surface area (Å²) >= 11 is 4.96. The molecule has 31 heavy (non-hydrogen) atoms. The van der Waals surface area contributed by atoms with Crippen molar-refractivity contribution in [3.05, 3.63) is 113 Å². The van der Waals surface area contributed by atoms with Crippen LogP contribution in [0.25, 0.3) is 11.3 Å². The molecule has 0 saturated carbocycles. The van der Waals surface area contributed by atoms with Gasteiger partial charge in [0.2, 0.25) is 0 Å². The van der Waals surface area contributed by atoms with Gasteiger partial charge in [-0.1, -0.05) is 85.0 Å². The fourth-order valence-corrected chi connectivity index (χ4v) is 3.48. The first-order chi connectivity index (χ1) is 15.1. The van der Waals surface area contributed by atoms with E-state index >= 15 is 0 Å². The molecule has 4 rings (SSSR count). The lowest BCUT2D eigenvalue weighted by Gasteiger charge is -2.06. The normalized spacial score (nSPS) is 10.6. The first-order valence-electron chi connectivity index (χ1n) is 9.94. The van der Waals surface area contributed by atoms with Crippen LogP contribution in [0.3, 0.4) is 0 Å². The summed E-state index contributed by atoms with van der Waals surface area (Å²) in [6.07, 6.45) is 1.99.